The molecular weight excluding hydrogens is 254 g/mol. The summed E-state index contributed by atoms with van der Waals surface area (Å²) < 4.78 is 4.86. The number of ketones is 1. The molecule has 98 valence electrons. The first kappa shape index (κ1) is 12.7. The van der Waals surface area contributed by atoms with E-state index in [4.69, 9.17) is 4.74 Å². The van der Waals surface area contributed by atoms with E-state index in [-0.39, 0.29) is 16.8 Å². The average Bonchev–Trinajstić information content (AvgIpc) is 2.66. The van der Waals surface area contributed by atoms with E-state index in [1.54, 1.807) is 0 Å². The second-order valence-corrected chi connectivity index (χ2v) is 3.96. The van der Waals surface area contributed by atoms with Crippen LogP contribution in [0.25, 0.3) is 0 Å². The van der Waals surface area contributed by atoms with Crippen molar-refractivity contribution in [2.24, 2.45) is 0 Å². The number of aliphatic hydroxyl groups excluding tert-OH is 1. The molecule has 1 N–H and O–H groups in total. The van der Waals surface area contributed by atoms with Gasteiger partial charge in [-0.15, -0.1) is 0 Å². The number of carbonyl (C=O) groups excluding carboxylic acids is 2. The summed E-state index contributed by atoms with van der Waals surface area (Å²) in [4.78, 5) is 32.8. The molecule has 0 fully saturated rings. The smallest absolute Gasteiger partial charge is 0.374 e. The fourth-order valence-corrected chi connectivity index (χ4v) is 1.84. The molecule has 0 aliphatic carbocycles. The second kappa shape index (κ2) is 4.52. The molecule has 2 rings (SSSR count). The number of cyclic esters (lactones) is 1. The standard InChI is InChI=1S/C12H9NO6/c1-6(14)9-10(15)12(16)19-11(9)7-3-2-4-8(5-7)13(17)18/h2-5,11,15H,1H3. The van der Waals surface area contributed by atoms with Crippen LogP contribution in [-0.4, -0.2) is 21.8 Å². The molecular formula is C12H9NO6. The zero-order chi connectivity index (χ0) is 14.2. The van der Waals surface area contributed by atoms with Crippen molar-refractivity contribution in [1.29, 1.82) is 0 Å². The van der Waals surface area contributed by atoms with Gasteiger partial charge in [0.25, 0.3) is 5.69 Å². The van der Waals surface area contributed by atoms with E-state index in [9.17, 15) is 24.8 Å². The normalized spacial score (nSPS) is 18.4. The van der Waals surface area contributed by atoms with Gasteiger partial charge in [0.2, 0.25) is 5.76 Å². The first-order valence-electron chi connectivity index (χ1n) is 5.31. The van der Waals surface area contributed by atoms with E-state index < -0.39 is 28.5 Å². The van der Waals surface area contributed by atoms with Gasteiger partial charge in [0.05, 0.1) is 10.5 Å². The Hall–Kier alpha value is -2.70. The average molecular weight is 263 g/mol. The first-order valence-corrected chi connectivity index (χ1v) is 5.31. The maximum Gasteiger partial charge on any atom is 0.374 e. The summed E-state index contributed by atoms with van der Waals surface area (Å²) in [5.41, 5.74) is -0.120. The highest BCUT2D eigenvalue weighted by atomic mass is 16.6. The number of carbonyl (C=O) groups is 2. The molecule has 0 radical (unpaired) electrons. The van der Waals surface area contributed by atoms with Crippen LogP contribution in [0.3, 0.4) is 0 Å². The Kier molecular flexibility index (Phi) is 3.04. The molecule has 0 spiro atoms. The van der Waals surface area contributed by atoms with Crippen LogP contribution in [-0.2, 0) is 14.3 Å². The zero-order valence-corrected chi connectivity index (χ0v) is 9.82. The van der Waals surface area contributed by atoms with Gasteiger partial charge in [-0.3, -0.25) is 14.9 Å². The van der Waals surface area contributed by atoms with Crippen LogP contribution in [0, 0.1) is 10.1 Å². The van der Waals surface area contributed by atoms with E-state index >= 15 is 0 Å². The number of nitro groups is 1. The van der Waals surface area contributed by atoms with Crippen molar-refractivity contribution in [3.05, 3.63) is 51.3 Å². The highest BCUT2D eigenvalue weighted by Gasteiger charge is 2.38. The summed E-state index contributed by atoms with van der Waals surface area (Å²) in [5, 5.41) is 20.2. The fourth-order valence-electron chi connectivity index (χ4n) is 1.84. The van der Waals surface area contributed by atoms with E-state index in [2.05, 4.69) is 0 Å². The minimum atomic E-state index is -1.11. The van der Waals surface area contributed by atoms with Crippen molar-refractivity contribution in [3.8, 4) is 0 Å². The number of esters is 1. The number of nitro benzene ring substituents is 1. The first-order chi connectivity index (χ1) is 8.91. The number of hydrogen-bond donors (Lipinski definition) is 1. The third kappa shape index (κ3) is 2.17. The second-order valence-electron chi connectivity index (χ2n) is 3.96. The molecule has 0 amide bonds. The Bertz CT molecular complexity index is 618. The van der Waals surface area contributed by atoms with E-state index in [0.717, 1.165) is 0 Å². The Balaban J connectivity index is 2.48. The van der Waals surface area contributed by atoms with Crippen LogP contribution in [0.15, 0.2) is 35.6 Å². The maximum atomic E-state index is 11.4. The highest BCUT2D eigenvalue weighted by molar-refractivity contribution is 6.05. The monoisotopic (exact) mass is 263 g/mol. The molecule has 7 heteroatoms. The molecule has 1 aliphatic heterocycles. The van der Waals surface area contributed by atoms with Gasteiger partial charge in [-0.05, 0) is 6.92 Å². The summed E-state index contributed by atoms with van der Waals surface area (Å²) >= 11 is 0. The number of hydrogen-bond acceptors (Lipinski definition) is 6. The zero-order valence-electron chi connectivity index (χ0n) is 9.82. The minimum Gasteiger partial charge on any atom is -0.501 e. The van der Waals surface area contributed by atoms with E-state index in [1.807, 2.05) is 0 Å². The highest BCUT2D eigenvalue weighted by Crippen LogP contribution is 2.35. The number of rotatable bonds is 3. The molecule has 0 saturated carbocycles. The van der Waals surface area contributed by atoms with Crippen LogP contribution in [0.5, 0.6) is 0 Å². The number of nitrogens with zero attached hydrogens (tertiary/aromatic N) is 1. The van der Waals surface area contributed by atoms with Crippen molar-refractivity contribution in [3.63, 3.8) is 0 Å². The minimum absolute atomic E-state index is 0.189. The Morgan fingerprint density at radius 1 is 1.47 bits per heavy atom. The van der Waals surface area contributed by atoms with Crippen molar-refractivity contribution < 1.29 is 24.4 Å². The topological polar surface area (TPSA) is 107 Å². The number of Topliss-reactive ketones (excluding diaryl/α,β-unsaturated/α-hetero) is 1. The lowest BCUT2D eigenvalue weighted by molar-refractivity contribution is -0.385. The number of non-ortho nitro benzene ring substituents is 1. The Morgan fingerprint density at radius 3 is 2.74 bits per heavy atom. The predicted molar refractivity (Wildman–Crippen MR) is 62.3 cm³/mol. The van der Waals surface area contributed by atoms with Crippen molar-refractivity contribution in [1.82, 2.24) is 0 Å². The number of benzene rings is 1. The lowest BCUT2D eigenvalue weighted by Gasteiger charge is -2.11. The van der Waals surface area contributed by atoms with Crippen molar-refractivity contribution in [2.45, 2.75) is 13.0 Å². The van der Waals surface area contributed by atoms with E-state index in [1.165, 1.54) is 31.2 Å². The van der Waals surface area contributed by atoms with Crippen molar-refractivity contribution >= 4 is 17.4 Å². The molecule has 0 aromatic heterocycles. The largest absolute Gasteiger partial charge is 0.501 e. The lowest BCUT2D eigenvalue weighted by atomic mass is 9.99. The molecule has 0 saturated heterocycles. The van der Waals surface area contributed by atoms with Gasteiger partial charge in [-0.25, -0.2) is 4.79 Å². The van der Waals surface area contributed by atoms with Crippen LogP contribution < -0.4 is 0 Å². The van der Waals surface area contributed by atoms with Gasteiger partial charge in [0.15, 0.2) is 11.9 Å². The van der Waals surface area contributed by atoms with Gasteiger partial charge in [0.1, 0.15) is 0 Å². The molecule has 1 aromatic carbocycles. The van der Waals surface area contributed by atoms with Crippen LogP contribution in [0.2, 0.25) is 0 Å². The fraction of sp³-hybridized carbons (Fsp3) is 0.167. The summed E-state index contributed by atoms with van der Waals surface area (Å²) in [6.45, 7) is 1.18. The Morgan fingerprint density at radius 2 is 2.16 bits per heavy atom. The molecule has 7 nitrogen and oxygen atoms in total. The molecule has 1 aromatic rings. The van der Waals surface area contributed by atoms with Crippen LogP contribution >= 0.6 is 0 Å². The van der Waals surface area contributed by atoms with Crippen LogP contribution in [0.4, 0.5) is 5.69 Å². The molecule has 0 bridgehead atoms. The lowest BCUT2D eigenvalue weighted by Crippen LogP contribution is -2.08. The summed E-state index contributed by atoms with van der Waals surface area (Å²) in [6.07, 6.45) is -1.11. The van der Waals surface area contributed by atoms with Crippen molar-refractivity contribution in [2.75, 3.05) is 0 Å². The SMILES string of the molecule is CC(=O)C1=C(O)C(=O)OC1c1cccc([N+](=O)[O-])c1. The number of aliphatic hydroxyl groups is 1. The van der Waals surface area contributed by atoms with Gasteiger partial charge in [0, 0.05) is 17.7 Å². The molecule has 1 atom stereocenters. The summed E-state index contributed by atoms with van der Waals surface area (Å²) in [5.74, 6) is -2.29. The third-order valence-corrected chi connectivity index (χ3v) is 2.70. The summed E-state index contributed by atoms with van der Waals surface area (Å²) in [7, 11) is 0. The molecule has 1 aliphatic rings. The van der Waals surface area contributed by atoms with Gasteiger partial charge in [-0.1, -0.05) is 12.1 Å². The summed E-state index contributed by atoms with van der Waals surface area (Å²) in [6, 6.07) is 5.36. The van der Waals surface area contributed by atoms with Gasteiger partial charge < -0.3 is 9.84 Å². The van der Waals surface area contributed by atoms with E-state index in [0.29, 0.717) is 0 Å². The third-order valence-electron chi connectivity index (χ3n) is 2.70. The quantitative estimate of drug-likeness (QED) is 0.504. The Labute approximate surface area is 107 Å². The predicted octanol–water partition coefficient (Wildman–Crippen LogP) is 1.59. The van der Waals surface area contributed by atoms with Gasteiger partial charge in [-0.2, -0.15) is 0 Å². The number of ether oxygens (including phenoxy) is 1. The molecule has 1 heterocycles. The molecule has 1 unspecified atom stereocenters. The molecule has 19 heavy (non-hydrogen) atoms. The van der Waals surface area contributed by atoms with Gasteiger partial charge >= 0.3 is 5.97 Å². The van der Waals surface area contributed by atoms with Crippen LogP contribution in [0.1, 0.15) is 18.6 Å². The maximum absolute atomic E-state index is 11.4.